The van der Waals surface area contributed by atoms with Crippen LogP contribution < -0.4 is 0 Å². The third-order valence-corrected chi connectivity index (χ3v) is 3.22. The zero-order chi connectivity index (χ0) is 13.9. The smallest absolute Gasteiger partial charge is 0.187 e. The lowest BCUT2D eigenvalue weighted by Crippen LogP contribution is -2.06. The van der Waals surface area contributed by atoms with E-state index in [0.29, 0.717) is 12.1 Å². The van der Waals surface area contributed by atoms with Crippen LogP contribution in [0.2, 0.25) is 0 Å². The van der Waals surface area contributed by atoms with E-state index in [-0.39, 0.29) is 5.78 Å². The summed E-state index contributed by atoms with van der Waals surface area (Å²) >= 11 is 0. The molecule has 0 radical (unpaired) electrons. The molecule has 0 saturated heterocycles. The largest absolute Gasteiger partial charge is 0.292 e. The van der Waals surface area contributed by atoms with Crippen molar-refractivity contribution in [3.05, 3.63) is 71.5 Å². The van der Waals surface area contributed by atoms with Gasteiger partial charge in [-0.1, -0.05) is 42.0 Å². The molecule has 3 nitrogen and oxygen atoms in total. The minimum atomic E-state index is -0.00731. The van der Waals surface area contributed by atoms with Gasteiger partial charge in [0.15, 0.2) is 5.78 Å². The molecule has 0 aliphatic rings. The first-order chi connectivity index (χ1) is 9.72. The Labute approximate surface area is 117 Å². The van der Waals surface area contributed by atoms with Crippen LogP contribution >= 0.6 is 0 Å². The zero-order valence-electron chi connectivity index (χ0n) is 11.2. The molecule has 0 bridgehead atoms. The van der Waals surface area contributed by atoms with Gasteiger partial charge in [0.25, 0.3) is 0 Å². The number of benzene rings is 2. The van der Waals surface area contributed by atoms with Crippen LogP contribution in [0.25, 0.3) is 11.0 Å². The summed E-state index contributed by atoms with van der Waals surface area (Å²) in [7, 11) is 0. The number of aromatic nitrogens is 2. The van der Waals surface area contributed by atoms with Crippen LogP contribution in [0.3, 0.4) is 0 Å². The normalized spacial score (nSPS) is 10.7. The molecule has 0 aliphatic heterocycles. The summed E-state index contributed by atoms with van der Waals surface area (Å²) in [5.74, 6) is -0.00731. The van der Waals surface area contributed by atoms with Crippen molar-refractivity contribution in [3.8, 4) is 0 Å². The summed E-state index contributed by atoms with van der Waals surface area (Å²) in [6.07, 6.45) is 1.91. The van der Waals surface area contributed by atoms with Gasteiger partial charge in [-0.25, -0.2) is 4.98 Å². The van der Waals surface area contributed by atoms with E-state index in [4.69, 9.17) is 0 Å². The number of fused-ring (bicyclic) bond motifs is 1. The molecule has 1 aromatic heterocycles. The molecule has 0 aliphatic carbocycles. The maximum absolute atomic E-state index is 12.2. The molecule has 98 valence electrons. The highest BCUT2D eigenvalue weighted by molar-refractivity contribution is 5.96. The first-order valence-electron chi connectivity index (χ1n) is 6.53. The molecule has 0 fully saturated rings. The van der Waals surface area contributed by atoms with Crippen LogP contribution in [0.15, 0.2) is 54.7 Å². The van der Waals surface area contributed by atoms with Crippen molar-refractivity contribution in [2.75, 3.05) is 0 Å². The van der Waals surface area contributed by atoms with Gasteiger partial charge < -0.3 is 0 Å². The number of Topliss-reactive ketones (excluding diaryl/α,β-unsaturated/α-hetero) is 1. The summed E-state index contributed by atoms with van der Waals surface area (Å²) in [6.45, 7) is 2.03. The Hall–Kier alpha value is -2.55. The number of ketones is 1. The number of para-hydroxylation sites is 2. The Morgan fingerprint density at radius 2 is 1.70 bits per heavy atom. The Balaban J connectivity index is 1.86. The molecule has 0 amide bonds. The highest BCUT2D eigenvalue weighted by Gasteiger charge is 2.10. The van der Waals surface area contributed by atoms with E-state index in [1.54, 1.807) is 6.20 Å². The fourth-order valence-electron chi connectivity index (χ4n) is 2.07. The Morgan fingerprint density at radius 3 is 2.45 bits per heavy atom. The summed E-state index contributed by atoms with van der Waals surface area (Å²) in [5, 5.41) is 0. The topological polar surface area (TPSA) is 42.9 Å². The number of rotatable bonds is 3. The van der Waals surface area contributed by atoms with Crippen LogP contribution in [0, 0.1) is 6.92 Å². The molecule has 0 atom stereocenters. The fraction of sp³-hybridized carbons (Fsp3) is 0.118. The second kappa shape index (κ2) is 5.21. The van der Waals surface area contributed by atoms with Crippen molar-refractivity contribution in [3.63, 3.8) is 0 Å². The average Bonchev–Trinajstić information content (AvgIpc) is 2.49. The van der Waals surface area contributed by atoms with Gasteiger partial charge >= 0.3 is 0 Å². The van der Waals surface area contributed by atoms with Crippen LogP contribution in [-0.2, 0) is 6.42 Å². The van der Waals surface area contributed by atoms with Gasteiger partial charge in [0, 0.05) is 6.42 Å². The van der Waals surface area contributed by atoms with E-state index in [9.17, 15) is 4.79 Å². The first-order valence-corrected chi connectivity index (χ1v) is 6.53. The van der Waals surface area contributed by atoms with E-state index < -0.39 is 0 Å². The third kappa shape index (κ3) is 2.57. The Kier molecular flexibility index (Phi) is 3.25. The standard InChI is InChI=1S/C17H14N2O/c1-12-6-8-13(9-7-12)10-17(20)16-11-18-14-4-2-3-5-15(14)19-16/h2-9,11H,10H2,1H3. The SMILES string of the molecule is Cc1ccc(CC(=O)c2cnc3ccccc3n2)cc1. The molecule has 0 saturated carbocycles. The molecule has 0 unspecified atom stereocenters. The van der Waals surface area contributed by atoms with Crippen molar-refractivity contribution in [1.82, 2.24) is 9.97 Å². The van der Waals surface area contributed by atoms with Crippen molar-refractivity contribution in [2.45, 2.75) is 13.3 Å². The zero-order valence-corrected chi connectivity index (χ0v) is 11.2. The van der Waals surface area contributed by atoms with E-state index in [1.807, 2.05) is 55.5 Å². The van der Waals surface area contributed by atoms with Crippen LogP contribution in [-0.4, -0.2) is 15.8 Å². The number of hydrogen-bond acceptors (Lipinski definition) is 3. The Morgan fingerprint density at radius 1 is 1.00 bits per heavy atom. The van der Waals surface area contributed by atoms with E-state index in [1.165, 1.54) is 5.56 Å². The fourth-order valence-corrected chi connectivity index (χ4v) is 2.07. The minimum absolute atomic E-state index is 0.00731. The quantitative estimate of drug-likeness (QED) is 0.680. The van der Waals surface area contributed by atoms with Gasteiger partial charge in [0.1, 0.15) is 5.69 Å². The van der Waals surface area contributed by atoms with Crippen molar-refractivity contribution < 1.29 is 4.79 Å². The van der Waals surface area contributed by atoms with Crippen molar-refractivity contribution >= 4 is 16.8 Å². The summed E-state index contributed by atoms with van der Waals surface area (Å²) in [5.41, 5.74) is 4.16. The molecule has 0 N–H and O–H groups in total. The van der Waals surface area contributed by atoms with Gasteiger partial charge in [-0.3, -0.25) is 9.78 Å². The van der Waals surface area contributed by atoms with E-state index >= 15 is 0 Å². The van der Waals surface area contributed by atoms with Crippen LogP contribution in [0.5, 0.6) is 0 Å². The summed E-state index contributed by atoms with van der Waals surface area (Å²) in [4.78, 5) is 20.9. The number of aryl methyl sites for hydroxylation is 1. The van der Waals surface area contributed by atoms with Gasteiger partial charge in [0.05, 0.1) is 17.2 Å². The molecule has 3 rings (SSSR count). The number of hydrogen-bond donors (Lipinski definition) is 0. The number of carbonyl (C=O) groups is 1. The van der Waals surface area contributed by atoms with Crippen molar-refractivity contribution in [2.24, 2.45) is 0 Å². The summed E-state index contributed by atoms with van der Waals surface area (Å²) < 4.78 is 0. The van der Waals surface area contributed by atoms with E-state index in [0.717, 1.165) is 16.6 Å². The lowest BCUT2D eigenvalue weighted by molar-refractivity contribution is 0.0988. The molecular weight excluding hydrogens is 248 g/mol. The average molecular weight is 262 g/mol. The van der Waals surface area contributed by atoms with Gasteiger partial charge in [-0.2, -0.15) is 0 Å². The minimum Gasteiger partial charge on any atom is -0.292 e. The van der Waals surface area contributed by atoms with Gasteiger partial charge in [-0.05, 0) is 24.6 Å². The van der Waals surface area contributed by atoms with E-state index in [2.05, 4.69) is 9.97 Å². The number of nitrogens with zero attached hydrogens (tertiary/aromatic N) is 2. The van der Waals surface area contributed by atoms with Crippen molar-refractivity contribution in [1.29, 1.82) is 0 Å². The molecule has 3 aromatic rings. The molecule has 3 heteroatoms. The predicted octanol–water partition coefficient (Wildman–Crippen LogP) is 3.36. The first kappa shape index (κ1) is 12.5. The number of carbonyl (C=O) groups excluding carboxylic acids is 1. The maximum atomic E-state index is 12.2. The predicted molar refractivity (Wildman–Crippen MR) is 78.8 cm³/mol. The summed E-state index contributed by atoms with van der Waals surface area (Å²) in [6, 6.07) is 15.5. The molecular formula is C17H14N2O. The molecule has 2 aromatic carbocycles. The molecule has 20 heavy (non-hydrogen) atoms. The van der Waals surface area contributed by atoms with Crippen LogP contribution in [0.1, 0.15) is 21.6 Å². The van der Waals surface area contributed by atoms with Crippen LogP contribution in [0.4, 0.5) is 0 Å². The third-order valence-electron chi connectivity index (χ3n) is 3.22. The highest BCUT2D eigenvalue weighted by atomic mass is 16.1. The monoisotopic (exact) mass is 262 g/mol. The lowest BCUT2D eigenvalue weighted by atomic mass is 10.1. The Bertz CT molecular complexity index is 763. The van der Waals surface area contributed by atoms with Gasteiger partial charge in [-0.15, -0.1) is 0 Å². The lowest BCUT2D eigenvalue weighted by Gasteiger charge is -2.03. The second-order valence-electron chi connectivity index (χ2n) is 4.83. The second-order valence-corrected chi connectivity index (χ2v) is 4.83. The maximum Gasteiger partial charge on any atom is 0.187 e. The molecule has 0 spiro atoms. The molecule has 1 heterocycles. The highest BCUT2D eigenvalue weighted by Crippen LogP contribution is 2.11. The van der Waals surface area contributed by atoms with Gasteiger partial charge in [0.2, 0.25) is 0 Å².